The lowest BCUT2D eigenvalue weighted by Gasteiger charge is -2.12. The first-order chi connectivity index (χ1) is 13.3. The minimum Gasteiger partial charge on any atom is -0.459 e. The zero-order chi connectivity index (χ0) is 20.1. The van der Waals surface area contributed by atoms with Gasteiger partial charge >= 0.3 is 5.97 Å². The standard InChI is InChI=1S/C22H20O5S/c1-28(25,26)20-13-11-18(12-14-20)17-7-9-19(10-8-17)21(23)22(24)27-15-16-5-3-2-4-6-16/h2-14,21,23H,15H2,1H3. The zero-order valence-corrected chi connectivity index (χ0v) is 16.1. The summed E-state index contributed by atoms with van der Waals surface area (Å²) in [7, 11) is -3.24. The van der Waals surface area contributed by atoms with E-state index in [-0.39, 0.29) is 11.5 Å². The summed E-state index contributed by atoms with van der Waals surface area (Å²) in [4.78, 5) is 12.3. The van der Waals surface area contributed by atoms with Gasteiger partial charge in [0.05, 0.1) is 4.90 Å². The van der Waals surface area contributed by atoms with Crippen LogP contribution in [0.2, 0.25) is 0 Å². The Labute approximate surface area is 164 Å². The van der Waals surface area contributed by atoms with Gasteiger partial charge in [-0.1, -0.05) is 66.7 Å². The number of aliphatic hydroxyl groups excluding tert-OH is 1. The fraction of sp³-hybridized carbons (Fsp3) is 0.136. The molecule has 0 heterocycles. The monoisotopic (exact) mass is 396 g/mol. The molecule has 0 bridgehead atoms. The highest BCUT2D eigenvalue weighted by molar-refractivity contribution is 7.90. The van der Waals surface area contributed by atoms with E-state index in [9.17, 15) is 18.3 Å². The van der Waals surface area contributed by atoms with Gasteiger partial charge in [-0.2, -0.15) is 0 Å². The molecule has 28 heavy (non-hydrogen) atoms. The molecule has 0 radical (unpaired) electrons. The van der Waals surface area contributed by atoms with E-state index in [1.807, 2.05) is 30.3 Å². The lowest BCUT2D eigenvalue weighted by Crippen LogP contribution is -2.15. The predicted octanol–water partition coefficient (Wildman–Crippen LogP) is 3.53. The molecule has 0 aliphatic carbocycles. The number of benzene rings is 3. The fourth-order valence-corrected chi connectivity index (χ4v) is 3.33. The van der Waals surface area contributed by atoms with E-state index in [0.717, 1.165) is 22.9 Å². The van der Waals surface area contributed by atoms with E-state index < -0.39 is 21.9 Å². The van der Waals surface area contributed by atoms with Gasteiger partial charge in [0.2, 0.25) is 0 Å². The van der Waals surface area contributed by atoms with Crippen molar-refractivity contribution in [2.24, 2.45) is 0 Å². The number of carbonyl (C=O) groups excluding carboxylic acids is 1. The topological polar surface area (TPSA) is 80.7 Å². The number of carbonyl (C=O) groups is 1. The highest BCUT2D eigenvalue weighted by Crippen LogP contribution is 2.24. The van der Waals surface area contributed by atoms with Crippen molar-refractivity contribution >= 4 is 15.8 Å². The molecule has 3 aromatic carbocycles. The second-order valence-corrected chi connectivity index (χ2v) is 8.43. The van der Waals surface area contributed by atoms with Crippen molar-refractivity contribution in [1.82, 2.24) is 0 Å². The van der Waals surface area contributed by atoms with E-state index in [4.69, 9.17) is 4.74 Å². The highest BCUT2D eigenvalue weighted by atomic mass is 32.2. The molecule has 0 aliphatic heterocycles. The number of aliphatic hydroxyl groups is 1. The van der Waals surface area contributed by atoms with Crippen LogP contribution in [0.4, 0.5) is 0 Å². The molecule has 1 atom stereocenters. The molecule has 0 aromatic heterocycles. The molecule has 0 saturated carbocycles. The van der Waals surface area contributed by atoms with Gasteiger partial charge in [0.15, 0.2) is 15.9 Å². The average molecular weight is 396 g/mol. The molecule has 1 unspecified atom stereocenters. The highest BCUT2D eigenvalue weighted by Gasteiger charge is 2.19. The van der Waals surface area contributed by atoms with Gasteiger partial charge in [0, 0.05) is 6.26 Å². The van der Waals surface area contributed by atoms with Crippen LogP contribution in [0, 0.1) is 0 Å². The molecular weight excluding hydrogens is 376 g/mol. The van der Waals surface area contributed by atoms with Crippen LogP contribution in [-0.2, 0) is 26.0 Å². The van der Waals surface area contributed by atoms with Gasteiger partial charge in [0.1, 0.15) is 6.61 Å². The number of hydrogen-bond donors (Lipinski definition) is 1. The first-order valence-electron chi connectivity index (χ1n) is 8.64. The third kappa shape index (κ3) is 4.85. The Kier molecular flexibility index (Phi) is 5.92. The normalized spacial score (nSPS) is 12.4. The van der Waals surface area contributed by atoms with Crippen LogP contribution >= 0.6 is 0 Å². The molecule has 3 rings (SSSR count). The number of ether oxygens (including phenoxy) is 1. The fourth-order valence-electron chi connectivity index (χ4n) is 2.70. The number of esters is 1. The van der Waals surface area contributed by atoms with Crippen LogP contribution in [0.15, 0.2) is 83.8 Å². The van der Waals surface area contributed by atoms with E-state index in [1.54, 1.807) is 48.5 Å². The average Bonchev–Trinajstić information content (AvgIpc) is 2.72. The van der Waals surface area contributed by atoms with Crippen LogP contribution in [0.5, 0.6) is 0 Å². The van der Waals surface area contributed by atoms with Gasteiger partial charge in [-0.15, -0.1) is 0 Å². The summed E-state index contributed by atoms with van der Waals surface area (Å²) in [6.45, 7) is 0.0987. The van der Waals surface area contributed by atoms with Crippen molar-refractivity contribution < 1.29 is 23.1 Å². The van der Waals surface area contributed by atoms with E-state index >= 15 is 0 Å². The van der Waals surface area contributed by atoms with Crippen LogP contribution in [0.3, 0.4) is 0 Å². The van der Waals surface area contributed by atoms with Crippen LogP contribution < -0.4 is 0 Å². The van der Waals surface area contributed by atoms with Crippen molar-refractivity contribution in [2.45, 2.75) is 17.6 Å². The Morgan fingerprint density at radius 3 is 1.96 bits per heavy atom. The number of rotatable bonds is 6. The zero-order valence-electron chi connectivity index (χ0n) is 15.3. The lowest BCUT2D eigenvalue weighted by molar-refractivity contribution is -0.155. The molecule has 0 amide bonds. The number of sulfone groups is 1. The van der Waals surface area contributed by atoms with Crippen molar-refractivity contribution in [3.05, 3.63) is 90.0 Å². The predicted molar refractivity (Wildman–Crippen MR) is 106 cm³/mol. The Morgan fingerprint density at radius 2 is 1.43 bits per heavy atom. The second-order valence-electron chi connectivity index (χ2n) is 6.41. The van der Waals surface area contributed by atoms with E-state index in [1.165, 1.54) is 0 Å². The van der Waals surface area contributed by atoms with Gasteiger partial charge in [-0.25, -0.2) is 13.2 Å². The van der Waals surface area contributed by atoms with Crippen LogP contribution in [-0.4, -0.2) is 25.7 Å². The van der Waals surface area contributed by atoms with Crippen molar-refractivity contribution in [3.63, 3.8) is 0 Å². The first kappa shape index (κ1) is 19.8. The van der Waals surface area contributed by atoms with Gasteiger partial charge in [-0.3, -0.25) is 0 Å². The van der Waals surface area contributed by atoms with E-state index in [0.29, 0.717) is 5.56 Å². The number of hydrogen-bond acceptors (Lipinski definition) is 5. The van der Waals surface area contributed by atoms with Gasteiger partial charge in [-0.05, 0) is 34.4 Å². The molecule has 0 fully saturated rings. The molecule has 6 heteroatoms. The first-order valence-corrected chi connectivity index (χ1v) is 10.5. The Bertz CT molecular complexity index is 1040. The molecule has 1 N–H and O–H groups in total. The maximum absolute atomic E-state index is 12.1. The molecule has 144 valence electrons. The quantitative estimate of drug-likeness (QED) is 0.645. The summed E-state index contributed by atoms with van der Waals surface area (Å²) < 4.78 is 28.2. The summed E-state index contributed by atoms with van der Waals surface area (Å²) in [5.41, 5.74) is 2.94. The maximum Gasteiger partial charge on any atom is 0.339 e. The second kappa shape index (κ2) is 8.37. The summed E-state index contributed by atoms with van der Waals surface area (Å²) in [5.74, 6) is -0.714. The molecule has 0 aliphatic rings. The van der Waals surface area contributed by atoms with E-state index in [2.05, 4.69) is 0 Å². The summed E-state index contributed by atoms with van der Waals surface area (Å²) in [6, 6.07) is 22.6. The maximum atomic E-state index is 12.1. The minimum absolute atomic E-state index is 0.0987. The largest absolute Gasteiger partial charge is 0.459 e. The molecule has 5 nitrogen and oxygen atoms in total. The third-order valence-electron chi connectivity index (χ3n) is 4.29. The molecular formula is C22H20O5S. The smallest absolute Gasteiger partial charge is 0.339 e. The SMILES string of the molecule is CS(=O)(=O)c1ccc(-c2ccc(C(O)C(=O)OCc3ccccc3)cc2)cc1. The minimum atomic E-state index is -3.24. The third-order valence-corrected chi connectivity index (χ3v) is 5.42. The van der Waals surface area contributed by atoms with Crippen molar-refractivity contribution in [3.8, 4) is 11.1 Å². The van der Waals surface area contributed by atoms with Crippen LogP contribution in [0.25, 0.3) is 11.1 Å². The summed E-state index contributed by atoms with van der Waals surface area (Å²) in [5, 5.41) is 10.2. The Balaban J connectivity index is 1.67. The van der Waals surface area contributed by atoms with Crippen molar-refractivity contribution in [2.75, 3.05) is 6.26 Å². The summed E-state index contributed by atoms with van der Waals surface area (Å²) >= 11 is 0. The lowest BCUT2D eigenvalue weighted by atomic mass is 10.0. The van der Waals surface area contributed by atoms with Gasteiger partial charge in [0.25, 0.3) is 0 Å². The Hall–Kier alpha value is -2.96. The van der Waals surface area contributed by atoms with Crippen LogP contribution in [0.1, 0.15) is 17.2 Å². The molecule has 0 spiro atoms. The molecule has 3 aromatic rings. The molecule has 0 saturated heterocycles. The van der Waals surface area contributed by atoms with Gasteiger partial charge < -0.3 is 9.84 Å². The Morgan fingerprint density at radius 1 is 0.893 bits per heavy atom. The van der Waals surface area contributed by atoms with Crippen molar-refractivity contribution in [1.29, 1.82) is 0 Å². The summed E-state index contributed by atoms with van der Waals surface area (Å²) in [6.07, 6.45) is -0.208.